The van der Waals surface area contributed by atoms with Crippen molar-refractivity contribution in [3.8, 4) is 0 Å². The van der Waals surface area contributed by atoms with E-state index in [1.807, 2.05) is 24.3 Å². The molecule has 3 rings (SSSR count). The van der Waals surface area contributed by atoms with Crippen LogP contribution >= 0.6 is 11.8 Å². The van der Waals surface area contributed by atoms with Gasteiger partial charge in [-0.1, -0.05) is 24.6 Å². The molecule has 1 fully saturated rings. The van der Waals surface area contributed by atoms with Crippen LogP contribution in [0.2, 0.25) is 0 Å². The van der Waals surface area contributed by atoms with Crippen molar-refractivity contribution in [2.75, 3.05) is 12.3 Å². The first-order valence-electron chi connectivity index (χ1n) is 7.39. The Bertz CT molecular complexity index is 560. The number of carboxylic acid groups (broad SMARTS) is 1. The number of hydrogen-bond donors (Lipinski definition) is 2. The Morgan fingerprint density at radius 1 is 1.29 bits per heavy atom. The van der Waals surface area contributed by atoms with Crippen LogP contribution in [0.1, 0.15) is 30.7 Å². The van der Waals surface area contributed by atoms with E-state index in [-0.39, 0.29) is 23.7 Å². The van der Waals surface area contributed by atoms with E-state index in [9.17, 15) is 14.7 Å². The molecule has 0 aromatic heterocycles. The molecule has 0 radical (unpaired) electrons. The van der Waals surface area contributed by atoms with Crippen molar-refractivity contribution in [3.05, 3.63) is 29.8 Å². The van der Waals surface area contributed by atoms with E-state index in [2.05, 4.69) is 5.32 Å². The number of thioether (sulfide) groups is 1. The number of hydrogen-bond acceptors (Lipinski definition) is 3. The minimum atomic E-state index is -0.728. The van der Waals surface area contributed by atoms with Gasteiger partial charge in [-0.2, -0.15) is 0 Å². The normalized spacial score (nSPS) is 27.3. The largest absolute Gasteiger partial charge is 0.481 e. The van der Waals surface area contributed by atoms with E-state index in [0.29, 0.717) is 6.54 Å². The molecule has 1 aromatic rings. The van der Waals surface area contributed by atoms with Crippen LogP contribution in [0, 0.1) is 11.8 Å². The molecule has 2 N–H and O–H groups in total. The van der Waals surface area contributed by atoms with Gasteiger partial charge in [0.05, 0.1) is 11.8 Å². The fraction of sp³-hybridized carbons (Fsp3) is 0.500. The summed E-state index contributed by atoms with van der Waals surface area (Å²) in [6.07, 6.45) is 2.57. The Kier molecular flexibility index (Phi) is 4.19. The molecule has 1 aliphatic carbocycles. The highest BCUT2D eigenvalue weighted by atomic mass is 32.2. The lowest BCUT2D eigenvalue weighted by Gasteiger charge is -2.18. The van der Waals surface area contributed by atoms with Gasteiger partial charge in [0.15, 0.2) is 0 Å². The quantitative estimate of drug-likeness (QED) is 0.897. The summed E-state index contributed by atoms with van der Waals surface area (Å²) in [5, 5.41) is 12.2. The van der Waals surface area contributed by atoms with Crippen LogP contribution in [0.4, 0.5) is 0 Å². The lowest BCUT2D eigenvalue weighted by molar-refractivity contribution is -0.143. The van der Waals surface area contributed by atoms with E-state index in [1.54, 1.807) is 11.8 Å². The van der Waals surface area contributed by atoms with Crippen LogP contribution in [-0.4, -0.2) is 29.3 Å². The molecule has 0 saturated heterocycles. The Hall–Kier alpha value is -1.49. The zero-order valence-electron chi connectivity index (χ0n) is 11.7. The topological polar surface area (TPSA) is 66.4 Å². The fourth-order valence-corrected chi connectivity index (χ4v) is 4.57. The van der Waals surface area contributed by atoms with Crippen LogP contribution in [0.5, 0.6) is 0 Å². The van der Waals surface area contributed by atoms with Gasteiger partial charge in [-0.25, -0.2) is 0 Å². The molecule has 0 bridgehead atoms. The Morgan fingerprint density at radius 3 is 2.90 bits per heavy atom. The molecule has 3 unspecified atom stereocenters. The molecular formula is C16H19NO3S. The van der Waals surface area contributed by atoms with Crippen LogP contribution in [0.25, 0.3) is 0 Å². The van der Waals surface area contributed by atoms with Crippen molar-refractivity contribution >= 4 is 23.6 Å². The summed E-state index contributed by atoms with van der Waals surface area (Å²) in [6.45, 7) is 0.485. The van der Waals surface area contributed by atoms with Crippen molar-refractivity contribution in [1.29, 1.82) is 0 Å². The van der Waals surface area contributed by atoms with Gasteiger partial charge in [-0.3, -0.25) is 9.59 Å². The first-order chi connectivity index (χ1) is 10.2. The Labute approximate surface area is 128 Å². The first kappa shape index (κ1) is 14.4. The smallest absolute Gasteiger partial charge is 0.306 e. The maximum atomic E-state index is 12.4. The summed E-state index contributed by atoms with van der Waals surface area (Å²) in [7, 11) is 0. The van der Waals surface area contributed by atoms with Gasteiger partial charge in [0.1, 0.15) is 0 Å². The van der Waals surface area contributed by atoms with Crippen molar-refractivity contribution in [1.82, 2.24) is 5.32 Å². The lowest BCUT2D eigenvalue weighted by atomic mass is 9.95. The minimum Gasteiger partial charge on any atom is -0.481 e. The molecule has 1 aliphatic heterocycles. The van der Waals surface area contributed by atoms with Crippen molar-refractivity contribution in [2.24, 2.45) is 11.8 Å². The molecule has 5 heteroatoms. The molecule has 1 saturated carbocycles. The molecule has 1 aromatic carbocycles. The Morgan fingerprint density at radius 2 is 2.10 bits per heavy atom. The highest BCUT2D eigenvalue weighted by molar-refractivity contribution is 7.99. The van der Waals surface area contributed by atoms with E-state index < -0.39 is 5.97 Å². The summed E-state index contributed by atoms with van der Waals surface area (Å²) >= 11 is 1.71. The number of nitrogens with one attached hydrogen (secondary N) is 1. The molecule has 112 valence electrons. The van der Waals surface area contributed by atoms with E-state index in [4.69, 9.17) is 0 Å². The summed E-state index contributed by atoms with van der Waals surface area (Å²) in [5.41, 5.74) is 1.10. The third kappa shape index (κ3) is 2.93. The number of amides is 1. The SMILES string of the molecule is O=C(NCC1CCCC1C(=O)O)C1CSc2ccccc21. The van der Waals surface area contributed by atoms with Crippen LogP contribution in [0.3, 0.4) is 0 Å². The lowest BCUT2D eigenvalue weighted by Crippen LogP contribution is -2.36. The van der Waals surface area contributed by atoms with Crippen LogP contribution < -0.4 is 5.32 Å². The third-order valence-electron chi connectivity index (χ3n) is 4.53. The van der Waals surface area contributed by atoms with Crippen molar-refractivity contribution in [3.63, 3.8) is 0 Å². The minimum absolute atomic E-state index is 0.0310. The molecule has 21 heavy (non-hydrogen) atoms. The summed E-state index contributed by atoms with van der Waals surface area (Å²) < 4.78 is 0. The maximum absolute atomic E-state index is 12.4. The van der Waals surface area contributed by atoms with E-state index in [0.717, 1.165) is 30.6 Å². The molecule has 0 spiro atoms. The molecule has 1 amide bonds. The molecule has 1 heterocycles. The molecule has 4 nitrogen and oxygen atoms in total. The maximum Gasteiger partial charge on any atom is 0.306 e. The van der Waals surface area contributed by atoms with E-state index >= 15 is 0 Å². The van der Waals surface area contributed by atoms with Crippen molar-refractivity contribution < 1.29 is 14.7 Å². The second-order valence-electron chi connectivity index (χ2n) is 5.78. The number of carboxylic acids is 1. The summed E-state index contributed by atoms with van der Waals surface area (Å²) in [6, 6.07) is 8.00. The predicted molar refractivity (Wildman–Crippen MR) is 81.4 cm³/mol. The fourth-order valence-electron chi connectivity index (χ4n) is 3.34. The standard InChI is InChI=1S/C16H19NO3S/c18-15(13-9-21-14-7-2-1-5-12(13)14)17-8-10-4-3-6-11(10)16(19)20/h1-2,5,7,10-11,13H,3-4,6,8-9H2,(H,17,18)(H,19,20). The summed E-state index contributed by atoms with van der Waals surface area (Å²) in [5.74, 6) is -0.239. The van der Waals surface area contributed by atoms with Gasteiger partial charge < -0.3 is 10.4 Å². The highest BCUT2D eigenvalue weighted by Crippen LogP contribution is 2.39. The molecular weight excluding hydrogens is 286 g/mol. The average molecular weight is 305 g/mol. The Balaban J connectivity index is 1.59. The van der Waals surface area contributed by atoms with Gasteiger partial charge in [0.2, 0.25) is 5.91 Å². The second-order valence-corrected chi connectivity index (χ2v) is 6.84. The number of benzene rings is 1. The van der Waals surface area contributed by atoms with Crippen LogP contribution in [0.15, 0.2) is 29.2 Å². The molecule has 2 aliphatic rings. The number of rotatable bonds is 4. The second kappa shape index (κ2) is 6.10. The first-order valence-corrected chi connectivity index (χ1v) is 8.37. The zero-order valence-corrected chi connectivity index (χ0v) is 12.6. The van der Waals surface area contributed by atoms with Gasteiger partial charge in [-0.15, -0.1) is 11.8 Å². The van der Waals surface area contributed by atoms with Gasteiger partial charge >= 0.3 is 5.97 Å². The van der Waals surface area contributed by atoms with Gasteiger partial charge in [-0.05, 0) is 30.4 Å². The summed E-state index contributed by atoms with van der Waals surface area (Å²) in [4.78, 5) is 24.7. The number of aliphatic carboxylic acids is 1. The molecule has 3 atom stereocenters. The van der Waals surface area contributed by atoms with Gasteiger partial charge in [0.25, 0.3) is 0 Å². The third-order valence-corrected chi connectivity index (χ3v) is 5.71. The number of fused-ring (bicyclic) bond motifs is 1. The van der Waals surface area contributed by atoms with Crippen molar-refractivity contribution in [2.45, 2.75) is 30.1 Å². The predicted octanol–water partition coefficient (Wildman–Crippen LogP) is 2.49. The average Bonchev–Trinajstić information content (AvgIpc) is 3.11. The van der Waals surface area contributed by atoms with E-state index in [1.165, 1.54) is 4.90 Å². The monoisotopic (exact) mass is 305 g/mol. The zero-order chi connectivity index (χ0) is 14.8. The van der Waals surface area contributed by atoms with Crippen LogP contribution in [-0.2, 0) is 9.59 Å². The van der Waals surface area contributed by atoms with Gasteiger partial charge in [0, 0.05) is 17.2 Å². The number of carbonyl (C=O) groups is 2. The number of carbonyl (C=O) groups excluding carboxylic acids is 1. The highest BCUT2D eigenvalue weighted by Gasteiger charge is 2.34.